The second kappa shape index (κ2) is 12.1. The topological polar surface area (TPSA) is 118 Å². The third kappa shape index (κ3) is 6.04. The van der Waals surface area contributed by atoms with Gasteiger partial charge in [0.2, 0.25) is 5.65 Å². The second-order valence-corrected chi connectivity index (χ2v) is 11.2. The molecule has 39 heavy (non-hydrogen) atoms. The van der Waals surface area contributed by atoms with E-state index >= 15 is 0 Å². The standard InChI is InChI=1S/C26H34N8O4S/c1-18(2)39-33(25(35)27-3)20-9-7-19(8-10-20)22-29-23(31-13-15-37-16-14-31)21-17-28-34(24(21)30-22)38-26(36)32-11-5-4-6-12-32/h7-10,17-18H,4-6,11-16H2,1-3H3,(H,27,35). The average molecular weight is 555 g/mol. The number of aromatic nitrogens is 4. The van der Waals surface area contributed by atoms with Gasteiger partial charge in [0, 0.05) is 44.0 Å². The first-order chi connectivity index (χ1) is 18.9. The predicted octanol–water partition coefficient (Wildman–Crippen LogP) is 3.57. The van der Waals surface area contributed by atoms with Crippen LogP contribution in [0.25, 0.3) is 22.4 Å². The zero-order valence-corrected chi connectivity index (χ0v) is 23.3. The molecular formula is C26H34N8O4S. The number of amides is 3. The van der Waals surface area contributed by atoms with Gasteiger partial charge in [0.05, 0.1) is 30.5 Å². The molecule has 0 spiro atoms. The number of hydrogen-bond donors (Lipinski definition) is 1. The third-order valence-electron chi connectivity index (χ3n) is 6.54. The van der Waals surface area contributed by atoms with Crippen molar-refractivity contribution in [3.05, 3.63) is 30.5 Å². The maximum absolute atomic E-state index is 12.8. The van der Waals surface area contributed by atoms with Gasteiger partial charge in [-0.05, 0) is 55.5 Å². The van der Waals surface area contributed by atoms with E-state index in [1.807, 2.05) is 38.1 Å². The number of anilines is 2. The first-order valence-electron chi connectivity index (χ1n) is 13.3. The van der Waals surface area contributed by atoms with Crippen LogP contribution in [-0.4, -0.2) is 88.6 Å². The Kier molecular flexibility index (Phi) is 8.36. The van der Waals surface area contributed by atoms with E-state index in [4.69, 9.17) is 19.5 Å². The van der Waals surface area contributed by atoms with Crippen molar-refractivity contribution >= 4 is 46.6 Å². The van der Waals surface area contributed by atoms with Crippen molar-refractivity contribution in [2.45, 2.75) is 38.4 Å². The Labute approximate surface area is 231 Å². The van der Waals surface area contributed by atoms with Crippen molar-refractivity contribution < 1.29 is 19.2 Å². The average Bonchev–Trinajstić information content (AvgIpc) is 3.38. The third-order valence-corrected chi connectivity index (χ3v) is 7.55. The number of ether oxygens (including phenoxy) is 1. The van der Waals surface area contributed by atoms with Crippen LogP contribution in [-0.2, 0) is 4.74 Å². The molecule has 3 aromatic rings. The maximum atomic E-state index is 12.8. The summed E-state index contributed by atoms with van der Waals surface area (Å²) < 4.78 is 7.18. The molecule has 13 heteroatoms. The van der Waals surface area contributed by atoms with E-state index in [1.54, 1.807) is 22.4 Å². The van der Waals surface area contributed by atoms with Gasteiger partial charge in [-0.3, -0.25) is 4.84 Å². The number of fused-ring (bicyclic) bond motifs is 1. The summed E-state index contributed by atoms with van der Waals surface area (Å²) in [7, 11) is 1.61. The normalized spacial score (nSPS) is 16.0. The van der Waals surface area contributed by atoms with E-state index in [1.165, 1.54) is 16.8 Å². The molecule has 2 saturated heterocycles. The van der Waals surface area contributed by atoms with Gasteiger partial charge in [0.1, 0.15) is 5.82 Å². The molecule has 4 heterocycles. The molecule has 0 atom stereocenters. The number of urea groups is 1. The molecule has 2 aliphatic heterocycles. The molecular weight excluding hydrogens is 520 g/mol. The Balaban J connectivity index is 1.50. The summed E-state index contributed by atoms with van der Waals surface area (Å²) in [6.07, 6.45) is 4.25. The summed E-state index contributed by atoms with van der Waals surface area (Å²) in [6, 6.07) is 7.31. The monoisotopic (exact) mass is 554 g/mol. The van der Waals surface area contributed by atoms with Crippen LogP contribution >= 0.6 is 11.9 Å². The van der Waals surface area contributed by atoms with Crippen LogP contribution in [0, 0.1) is 0 Å². The lowest BCUT2D eigenvalue weighted by Crippen LogP contribution is -2.40. The molecule has 0 radical (unpaired) electrons. The highest BCUT2D eigenvalue weighted by Crippen LogP contribution is 2.31. The van der Waals surface area contributed by atoms with Gasteiger partial charge in [-0.15, -0.1) is 5.10 Å². The molecule has 5 rings (SSSR count). The number of nitrogens with one attached hydrogen (secondary N) is 1. The fourth-order valence-electron chi connectivity index (χ4n) is 4.58. The van der Waals surface area contributed by atoms with E-state index in [0.717, 1.165) is 30.5 Å². The minimum absolute atomic E-state index is 0.201. The lowest BCUT2D eigenvalue weighted by atomic mass is 10.1. The van der Waals surface area contributed by atoms with Crippen LogP contribution < -0.4 is 19.4 Å². The van der Waals surface area contributed by atoms with Gasteiger partial charge >= 0.3 is 12.1 Å². The summed E-state index contributed by atoms with van der Waals surface area (Å²) in [5.41, 5.74) is 1.92. The van der Waals surface area contributed by atoms with Crippen LogP contribution in [0.3, 0.4) is 0 Å². The summed E-state index contributed by atoms with van der Waals surface area (Å²) in [4.78, 5) is 45.7. The highest BCUT2D eigenvalue weighted by Gasteiger charge is 2.25. The number of carbonyl (C=O) groups is 2. The Hall–Kier alpha value is -3.58. The van der Waals surface area contributed by atoms with Crippen LogP contribution in [0.15, 0.2) is 30.5 Å². The van der Waals surface area contributed by atoms with E-state index in [0.29, 0.717) is 62.1 Å². The van der Waals surface area contributed by atoms with Crippen molar-refractivity contribution in [1.29, 1.82) is 0 Å². The van der Waals surface area contributed by atoms with Gasteiger partial charge in [0.15, 0.2) is 5.82 Å². The quantitative estimate of drug-likeness (QED) is 0.456. The molecule has 2 aromatic heterocycles. The number of benzene rings is 1. The lowest BCUT2D eigenvalue weighted by molar-refractivity contribution is 0.0771. The minimum Gasteiger partial charge on any atom is -0.378 e. The molecule has 3 amide bonds. The maximum Gasteiger partial charge on any atom is 0.436 e. The van der Waals surface area contributed by atoms with Gasteiger partial charge < -0.3 is 19.9 Å². The number of rotatable bonds is 6. The number of nitrogens with zero attached hydrogens (tertiary/aromatic N) is 7. The minimum atomic E-state index is -0.436. The summed E-state index contributed by atoms with van der Waals surface area (Å²) in [6.45, 7) is 7.96. The number of carbonyl (C=O) groups excluding carboxylic acids is 2. The van der Waals surface area contributed by atoms with Gasteiger partial charge in [-0.2, -0.15) is 0 Å². The fourth-order valence-corrected chi connectivity index (χ4v) is 5.43. The van der Waals surface area contributed by atoms with Crippen molar-refractivity contribution in [2.24, 2.45) is 0 Å². The van der Waals surface area contributed by atoms with Gasteiger partial charge in [-0.25, -0.2) is 23.9 Å². The highest BCUT2D eigenvalue weighted by molar-refractivity contribution is 8.01. The summed E-state index contributed by atoms with van der Waals surface area (Å²) in [5.74, 6) is 1.18. The van der Waals surface area contributed by atoms with Crippen molar-refractivity contribution in [1.82, 2.24) is 30.1 Å². The summed E-state index contributed by atoms with van der Waals surface area (Å²) >= 11 is 1.44. The Morgan fingerprint density at radius 2 is 1.77 bits per heavy atom. The number of piperidine rings is 1. The molecule has 1 aromatic carbocycles. The van der Waals surface area contributed by atoms with E-state index in [9.17, 15) is 9.59 Å². The number of hydrogen-bond acceptors (Lipinski definition) is 9. The predicted molar refractivity (Wildman–Crippen MR) is 151 cm³/mol. The molecule has 0 bridgehead atoms. The van der Waals surface area contributed by atoms with E-state index in [2.05, 4.69) is 15.3 Å². The van der Waals surface area contributed by atoms with Gasteiger partial charge in [0.25, 0.3) is 0 Å². The molecule has 0 aliphatic carbocycles. The van der Waals surface area contributed by atoms with Crippen molar-refractivity contribution in [3.63, 3.8) is 0 Å². The van der Waals surface area contributed by atoms with Crippen LogP contribution in [0.1, 0.15) is 33.1 Å². The Bertz CT molecular complexity index is 1300. The Morgan fingerprint density at radius 3 is 2.44 bits per heavy atom. The first kappa shape index (κ1) is 27.0. The van der Waals surface area contributed by atoms with Crippen LogP contribution in [0.4, 0.5) is 21.1 Å². The first-order valence-corrected chi connectivity index (χ1v) is 14.1. The smallest absolute Gasteiger partial charge is 0.378 e. The summed E-state index contributed by atoms with van der Waals surface area (Å²) in [5, 5.41) is 7.96. The van der Waals surface area contributed by atoms with Crippen LogP contribution in [0.2, 0.25) is 0 Å². The van der Waals surface area contributed by atoms with E-state index in [-0.39, 0.29) is 11.3 Å². The van der Waals surface area contributed by atoms with Crippen LogP contribution in [0.5, 0.6) is 0 Å². The molecule has 2 fully saturated rings. The molecule has 208 valence electrons. The molecule has 12 nitrogen and oxygen atoms in total. The lowest BCUT2D eigenvalue weighted by Gasteiger charge is -2.28. The van der Waals surface area contributed by atoms with E-state index < -0.39 is 6.09 Å². The largest absolute Gasteiger partial charge is 0.436 e. The molecule has 0 unspecified atom stereocenters. The van der Waals surface area contributed by atoms with Crippen molar-refractivity contribution in [2.75, 3.05) is 55.6 Å². The van der Waals surface area contributed by atoms with Gasteiger partial charge in [-0.1, -0.05) is 18.7 Å². The van der Waals surface area contributed by atoms with Crippen molar-refractivity contribution in [3.8, 4) is 11.4 Å². The zero-order chi connectivity index (χ0) is 27.4. The second-order valence-electron chi connectivity index (χ2n) is 9.68. The highest BCUT2D eigenvalue weighted by atomic mass is 32.2. The SMILES string of the molecule is CNC(=O)N(SC(C)C)c1ccc(-c2nc(N3CCOCC3)c3cnn(OC(=O)N4CCCCC4)c3n2)cc1. The fraction of sp³-hybridized carbons (Fsp3) is 0.500. The molecule has 1 N–H and O–H groups in total. The molecule has 0 saturated carbocycles. The molecule has 2 aliphatic rings. The zero-order valence-electron chi connectivity index (χ0n) is 22.5. The number of morpholine rings is 1. The Morgan fingerprint density at radius 1 is 1.05 bits per heavy atom. The number of likely N-dealkylation sites (tertiary alicyclic amines) is 1.